The fourth-order valence-corrected chi connectivity index (χ4v) is 1.84. The maximum atomic E-state index is 13.3. The molecule has 2 aromatic carbocycles. The Morgan fingerprint density at radius 2 is 1.95 bits per heavy atom. The topological polar surface area (TPSA) is 46.5 Å². The van der Waals surface area contributed by atoms with E-state index in [2.05, 4.69) is 0 Å². The van der Waals surface area contributed by atoms with E-state index >= 15 is 0 Å². The average Bonchev–Trinajstić information content (AvgIpc) is 2.43. The SMILES string of the molecule is O=C(O)C(Cc1ccccc1)Oc1ccc(Cl)c(F)c1. The Balaban J connectivity index is 2.13. The highest BCUT2D eigenvalue weighted by molar-refractivity contribution is 6.30. The van der Waals surface area contributed by atoms with Crippen LogP contribution in [0.2, 0.25) is 5.02 Å². The number of hydrogen-bond acceptors (Lipinski definition) is 2. The number of ether oxygens (including phenoxy) is 1. The minimum Gasteiger partial charge on any atom is -0.478 e. The minimum atomic E-state index is -1.11. The molecule has 20 heavy (non-hydrogen) atoms. The Hall–Kier alpha value is -2.07. The number of halogens is 2. The molecule has 0 saturated heterocycles. The summed E-state index contributed by atoms with van der Waals surface area (Å²) in [5.41, 5.74) is 0.828. The van der Waals surface area contributed by atoms with Crippen LogP contribution < -0.4 is 4.74 Å². The third kappa shape index (κ3) is 3.71. The molecule has 0 aliphatic rings. The van der Waals surface area contributed by atoms with E-state index in [1.807, 2.05) is 30.3 Å². The largest absolute Gasteiger partial charge is 0.478 e. The third-order valence-corrected chi connectivity index (χ3v) is 3.02. The van der Waals surface area contributed by atoms with Crippen LogP contribution in [0.1, 0.15) is 5.56 Å². The monoisotopic (exact) mass is 294 g/mol. The molecule has 1 N–H and O–H groups in total. The second kappa shape index (κ2) is 6.39. The van der Waals surface area contributed by atoms with Crippen LogP contribution in [-0.4, -0.2) is 17.2 Å². The molecule has 3 nitrogen and oxygen atoms in total. The van der Waals surface area contributed by atoms with Crippen molar-refractivity contribution in [2.24, 2.45) is 0 Å². The molecule has 0 bridgehead atoms. The van der Waals surface area contributed by atoms with Crippen LogP contribution in [0.15, 0.2) is 48.5 Å². The van der Waals surface area contributed by atoms with Crippen LogP contribution in [0.25, 0.3) is 0 Å². The van der Waals surface area contributed by atoms with Crippen LogP contribution in [0.5, 0.6) is 5.75 Å². The van der Waals surface area contributed by atoms with E-state index in [0.717, 1.165) is 11.6 Å². The molecule has 0 radical (unpaired) electrons. The number of carboxylic acids is 1. The Labute approximate surface area is 120 Å². The zero-order valence-corrected chi connectivity index (χ0v) is 11.2. The summed E-state index contributed by atoms with van der Waals surface area (Å²) in [6.07, 6.45) is -0.890. The van der Waals surface area contributed by atoms with Crippen LogP contribution in [-0.2, 0) is 11.2 Å². The highest BCUT2D eigenvalue weighted by Crippen LogP contribution is 2.22. The molecule has 0 amide bonds. The van der Waals surface area contributed by atoms with Crippen molar-refractivity contribution in [1.29, 1.82) is 0 Å². The second-order valence-corrected chi connectivity index (χ2v) is 4.62. The van der Waals surface area contributed by atoms with Gasteiger partial charge in [-0.1, -0.05) is 41.9 Å². The molecule has 0 heterocycles. The van der Waals surface area contributed by atoms with E-state index in [1.165, 1.54) is 12.1 Å². The number of hydrogen-bond donors (Lipinski definition) is 1. The standard InChI is InChI=1S/C15H12ClFO3/c16-12-7-6-11(9-13(12)17)20-14(15(18)19)8-10-4-2-1-3-5-10/h1-7,9,14H,8H2,(H,18,19). The smallest absolute Gasteiger partial charge is 0.345 e. The van der Waals surface area contributed by atoms with Crippen molar-refractivity contribution in [2.75, 3.05) is 0 Å². The highest BCUT2D eigenvalue weighted by atomic mass is 35.5. The van der Waals surface area contributed by atoms with Crippen molar-refractivity contribution >= 4 is 17.6 Å². The van der Waals surface area contributed by atoms with E-state index in [4.69, 9.17) is 16.3 Å². The number of benzene rings is 2. The Morgan fingerprint density at radius 1 is 1.25 bits per heavy atom. The minimum absolute atomic E-state index is 0.0349. The summed E-state index contributed by atoms with van der Waals surface area (Å²) < 4.78 is 18.6. The first kappa shape index (κ1) is 14.3. The van der Waals surface area contributed by atoms with Gasteiger partial charge in [-0.05, 0) is 17.7 Å². The molecule has 2 rings (SSSR count). The first-order chi connectivity index (χ1) is 9.56. The normalized spacial score (nSPS) is 11.9. The third-order valence-electron chi connectivity index (χ3n) is 2.71. The zero-order chi connectivity index (χ0) is 14.5. The highest BCUT2D eigenvalue weighted by Gasteiger charge is 2.20. The van der Waals surface area contributed by atoms with Crippen molar-refractivity contribution in [3.05, 3.63) is 64.9 Å². The fourth-order valence-electron chi connectivity index (χ4n) is 1.72. The molecule has 0 aliphatic carbocycles. The van der Waals surface area contributed by atoms with Gasteiger partial charge in [0.1, 0.15) is 11.6 Å². The fraction of sp³-hybridized carbons (Fsp3) is 0.133. The second-order valence-electron chi connectivity index (χ2n) is 4.21. The summed E-state index contributed by atoms with van der Waals surface area (Å²) in [5, 5.41) is 9.14. The molecule has 0 fully saturated rings. The van der Waals surface area contributed by atoms with Gasteiger partial charge in [-0.25, -0.2) is 9.18 Å². The van der Waals surface area contributed by atoms with Gasteiger partial charge in [0, 0.05) is 12.5 Å². The van der Waals surface area contributed by atoms with Gasteiger partial charge in [0.05, 0.1) is 5.02 Å². The van der Waals surface area contributed by atoms with Crippen molar-refractivity contribution in [2.45, 2.75) is 12.5 Å². The molecule has 0 saturated carbocycles. The first-order valence-corrected chi connectivity index (χ1v) is 6.32. The lowest BCUT2D eigenvalue weighted by Crippen LogP contribution is -2.29. The zero-order valence-electron chi connectivity index (χ0n) is 10.4. The lowest BCUT2D eigenvalue weighted by molar-refractivity contribution is -0.145. The Bertz CT molecular complexity index is 601. The van der Waals surface area contributed by atoms with Crippen LogP contribution >= 0.6 is 11.6 Å². The predicted octanol–water partition coefficient (Wildman–Crippen LogP) is 3.55. The molecular formula is C15H12ClFO3. The molecule has 0 aliphatic heterocycles. The molecular weight excluding hydrogens is 283 g/mol. The number of carboxylic acid groups (broad SMARTS) is 1. The van der Waals surface area contributed by atoms with Gasteiger partial charge in [-0.2, -0.15) is 0 Å². The number of carbonyl (C=O) groups is 1. The lowest BCUT2D eigenvalue weighted by Gasteiger charge is -2.15. The van der Waals surface area contributed by atoms with E-state index in [9.17, 15) is 14.3 Å². The van der Waals surface area contributed by atoms with Crippen LogP contribution in [0, 0.1) is 5.82 Å². The number of rotatable bonds is 5. The van der Waals surface area contributed by atoms with Gasteiger partial charge >= 0.3 is 5.97 Å². The van der Waals surface area contributed by atoms with Crippen LogP contribution in [0.3, 0.4) is 0 Å². The van der Waals surface area contributed by atoms with Gasteiger partial charge in [0.15, 0.2) is 6.10 Å². The quantitative estimate of drug-likeness (QED) is 0.917. The van der Waals surface area contributed by atoms with Gasteiger partial charge in [0.2, 0.25) is 0 Å². The van der Waals surface area contributed by atoms with Gasteiger partial charge in [-0.3, -0.25) is 0 Å². The molecule has 1 atom stereocenters. The molecule has 1 unspecified atom stereocenters. The summed E-state index contributed by atoms with van der Waals surface area (Å²) in [5.74, 6) is -1.62. The summed E-state index contributed by atoms with van der Waals surface area (Å²) in [4.78, 5) is 11.2. The molecule has 104 valence electrons. The number of aliphatic carboxylic acids is 1. The lowest BCUT2D eigenvalue weighted by atomic mass is 10.1. The van der Waals surface area contributed by atoms with E-state index in [-0.39, 0.29) is 17.2 Å². The maximum absolute atomic E-state index is 13.3. The van der Waals surface area contributed by atoms with E-state index in [1.54, 1.807) is 0 Å². The summed E-state index contributed by atoms with van der Waals surface area (Å²) in [7, 11) is 0. The summed E-state index contributed by atoms with van der Waals surface area (Å²) >= 11 is 5.56. The molecule has 2 aromatic rings. The molecule has 0 aromatic heterocycles. The summed E-state index contributed by atoms with van der Waals surface area (Å²) in [6, 6.07) is 12.9. The molecule has 5 heteroatoms. The molecule has 0 spiro atoms. The van der Waals surface area contributed by atoms with Gasteiger partial charge in [-0.15, -0.1) is 0 Å². The summed E-state index contributed by atoms with van der Waals surface area (Å²) in [6.45, 7) is 0. The van der Waals surface area contributed by atoms with Crippen molar-refractivity contribution < 1.29 is 19.0 Å². The first-order valence-electron chi connectivity index (χ1n) is 5.94. The van der Waals surface area contributed by atoms with E-state index < -0.39 is 17.9 Å². The van der Waals surface area contributed by atoms with Crippen LogP contribution in [0.4, 0.5) is 4.39 Å². The van der Waals surface area contributed by atoms with Crippen molar-refractivity contribution in [1.82, 2.24) is 0 Å². The predicted molar refractivity (Wildman–Crippen MR) is 73.6 cm³/mol. The van der Waals surface area contributed by atoms with E-state index in [0.29, 0.717) is 0 Å². The van der Waals surface area contributed by atoms with Crippen molar-refractivity contribution in [3.63, 3.8) is 0 Å². The van der Waals surface area contributed by atoms with Gasteiger partial charge in [0.25, 0.3) is 0 Å². The average molecular weight is 295 g/mol. The Kier molecular flexibility index (Phi) is 4.58. The van der Waals surface area contributed by atoms with Gasteiger partial charge < -0.3 is 9.84 Å². The maximum Gasteiger partial charge on any atom is 0.345 e. The van der Waals surface area contributed by atoms with Crippen molar-refractivity contribution in [3.8, 4) is 5.75 Å². The Morgan fingerprint density at radius 3 is 2.55 bits per heavy atom.